The summed E-state index contributed by atoms with van der Waals surface area (Å²) in [5, 5.41) is 4.45. The van der Waals surface area contributed by atoms with E-state index in [0.29, 0.717) is 70.6 Å². The average molecular weight is 577 g/mol. The minimum Gasteiger partial charge on any atom is -0.497 e. The lowest BCUT2D eigenvalue weighted by Gasteiger charge is -2.19. The number of benzene rings is 2. The van der Waals surface area contributed by atoms with E-state index >= 15 is 0 Å². The van der Waals surface area contributed by atoms with Crippen molar-refractivity contribution in [2.45, 2.75) is 31.8 Å². The number of hydrogen-bond acceptors (Lipinski definition) is 8. The van der Waals surface area contributed by atoms with E-state index in [1.54, 1.807) is 38.7 Å². The number of nitrogens with one attached hydrogen (secondary N) is 1. The summed E-state index contributed by atoms with van der Waals surface area (Å²) < 4.78 is 36.6. The number of methoxy groups -OCH3 is 2. The molecule has 0 aromatic heterocycles. The molecule has 3 aliphatic heterocycles. The Morgan fingerprint density at radius 3 is 2.47 bits per heavy atom. The van der Waals surface area contributed by atoms with Gasteiger partial charge in [0, 0.05) is 39.7 Å². The molecule has 0 aliphatic carbocycles. The van der Waals surface area contributed by atoms with Gasteiger partial charge >= 0.3 is 0 Å². The van der Waals surface area contributed by atoms with Gasteiger partial charge in [0.15, 0.2) is 17.3 Å². The number of fused-ring (bicyclic) bond motifs is 1. The Labute approximate surface area is 231 Å². The zero-order chi connectivity index (χ0) is 26.9. The van der Waals surface area contributed by atoms with Crippen molar-refractivity contribution < 1.29 is 17.9 Å². The second-order valence-corrected chi connectivity index (χ2v) is 12.3. The Morgan fingerprint density at radius 2 is 1.79 bits per heavy atom. The lowest BCUT2D eigenvalue weighted by atomic mass is 10.0. The summed E-state index contributed by atoms with van der Waals surface area (Å²) >= 11 is 12.9. The van der Waals surface area contributed by atoms with Gasteiger partial charge in [-0.3, -0.25) is 0 Å². The summed E-state index contributed by atoms with van der Waals surface area (Å²) in [4.78, 5) is 14.4. The molecule has 12 heteroatoms. The van der Waals surface area contributed by atoms with Crippen LogP contribution in [-0.4, -0.2) is 53.7 Å². The van der Waals surface area contributed by atoms with Crippen molar-refractivity contribution in [2.75, 3.05) is 31.0 Å². The maximum Gasteiger partial charge on any atom is 0.166 e. The molecule has 38 heavy (non-hydrogen) atoms. The Kier molecular flexibility index (Phi) is 7.65. The summed E-state index contributed by atoms with van der Waals surface area (Å²) in [7, 11) is 0.211. The van der Waals surface area contributed by atoms with Crippen LogP contribution in [0.1, 0.15) is 35.7 Å². The molecule has 1 fully saturated rings. The first-order valence-electron chi connectivity index (χ1n) is 12.1. The normalized spacial score (nSPS) is 15.5. The minimum absolute atomic E-state index is 0.0437. The fourth-order valence-electron chi connectivity index (χ4n) is 4.56. The second-order valence-electron chi connectivity index (χ2n) is 9.13. The number of hydrogen-bond donors (Lipinski definition) is 1. The molecule has 2 aromatic carbocycles. The molecule has 3 aliphatic rings. The Balaban J connectivity index is 1.50. The Hall–Kier alpha value is -3.08. The molecule has 200 valence electrons. The van der Waals surface area contributed by atoms with Crippen LogP contribution in [0.15, 0.2) is 42.7 Å². The highest BCUT2D eigenvalue weighted by Gasteiger charge is 2.30. The van der Waals surface area contributed by atoms with Crippen molar-refractivity contribution in [3.63, 3.8) is 0 Å². The molecule has 0 saturated carbocycles. The number of ether oxygens (including phenoxy) is 2. The van der Waals surface area contributed by atoms with Gasteiger partial charge in [0.2, 0.25) is 0 Å². The van der Waals surface area contributed by atoms with E-state index in [0.717, 1.165) is 11.1 Å². The van der Waals surface area contributed by atoms with Crippen LogP contribution in [0.3, 0.4) is 0 Å². The fraction of sp³-hybridized carbons (Fsp3) is 0.346. The molecule has 0 radical (unpaired) electrons. The van der Waals surface area contributed by atoms with E-state index in [2.05, 4.69) is 10.3 Å². The van der Waals surface area contributed by atoms with Gasteiger partial charge in [-0.1, -0.05) is 29.3 Å². The number of nitrogens with zero attached hydrogens (tertiary/aromatic N) is 4. The number of imidazole rings is 1. The number of halogens is 2. The first kappa shape index (κ1) is 26.5. The zero-order valence-electron chi connectivity index (χ0n) is 20.9. The third kappa shape index (κ3) is 5.52. The SMILES string of the molecule is COc1ccc(CNc2ncn(Cc3c(Cl)cccc3Cl)c3nc(C4CCS(=O)(=O)CC4)nc2-3)c(OC)c1. The summed E-state index contributed by atoms with van der Waals surface area (Å²) in [5.41, 5.74) is 2.26. The smallest absolute Gasteiger partial charge is 0.166 e. The van der Waals surface area contributed by atoms with Crippen molar-refractivity contribution in [1.29, 1.82) is 0 Å². The molecular weight excluding hydrogens is 549 g/mol. The molecule has 3 heterocycles. The molecule has 0 unspecified atom stereocenters. The highest BCUT2D eigenvalue weighted by Crippen LogP contribution is 2.35. The van der Waals surface area contributed by atoms with E-state index in [4.69, 9.17) is 42.6 Å². The maximum absolute atomic E-state index is 12.0. The molecular formula is C26H27Cl2N5O4S. The standard InChI is InChI=1S/C26H27Cl2N5O4S/c1-36-18-7-6-17(22(12-18)37-2)13-29-25-23-26(32-24(31-23)16-8-10-38(34,35)11-9-16)33(15-30-25)14-19-20(27)4-3-5-21(19)28/h3-7,12,15-16,29H,8-11,13-14H2,1-2H3. The van der Waals surface area contributed by atoms with E-state index in [9.17, 15) is 8.42 Å². The van der Waals surface area contributed by atoms with E-state index in [-0.39, 0.29) is 17.4 Å². The Bertz CT molecular complexity index is 1510. The molecule has 0 bridgehead atoms. The van der Waals surface area contributed by atoms with Crippen LogP contribution in [0.25, 0.3) is 11.5 Å². The quantitative estimate of drug-likeness (QED) is 0.310. The Morgan fingerprint density at radius 1 is 1.05 bits per heavy atom. The monoisotopic (exact) mass is 575 g/mol. The van der Waals surface area contributed by atoms with Gasteiger partial charge in [0.1, 0.15) is 27.2 Å². The van der Waals surface area contributed by atoms with Crippen molar-refractivity contribution in [3.8, 4) is 23.0 Å². The summed E-state index contributed by atoms with van der Waals surface area (Å²) in [5.74, 6) is 3.41. The van der Waals surface area contributed by atoms with Gasteiger partial charge in [-0.05, 0) is 37.1 Å². The number of anilines is 1. The molecule has 5 rings (SSSR count). The molecule has 0 atom stereocenters. The predicted octanol–water partition coefficient (Wildman–Crippen LogP) is 5.05. The number of sulfone groups is 1. The van der Waals surface area contributed by atoms with Gasteiger partial charge in [-0.15, -0.1) is 0 Å². The van der Waals surface area contributed by atoms with E-state index in [1.165, 1.54) is 0 Å². The molecule has 1 saturated heterocycles. The predicted molar refractivity (Wildman–Crippen MR) is 148 cm³/mol. The molecule has 0 amide bonds. The minimum atomic E-state index is -3.01. The highest BCUT2D eigenvalue weighted by molar-refractivity contribution is 7.91. The first-order valence-corrected chi connectivity index (χ1v) is 14.7. The summed E-state index contributed by atoms with van der Waals surface area (Å²) in [6.07, 6.45) is 2.67. The van der Waals surface area contributed by atoms with Crippen LogP contribution in [0.4, 0.5) is 5.82 Å². The third-order valence-electron chi connectivity index (χ3n) is 6.73. The topological polar surface area (TPSA) is 108 Å². The van der Waals surface area contributed by atoms with Gasteiger partial charge in [-0.25, -0.2) is 23.4 Å². The molecule has 9 nitrogen and oxygen atoms in total. The van der Waals surface area contributed by atoms with Crippen LogP contribution >= 0.6 is 23.2 Å². The maximum atomic E-state index is 12.0. The largest absolute Gasteiger partial charge is 0.497 e. The van der Waals surface area contributed by atoms with Crippen molar-refractivity contribution in [1.82, 2.24) is 19.5 Å². The second kappa shape index (κ2) is 11.0. The molecule has 0 spiro atoms. The van der Waals surface area contributed by atoms with E-state index in [1.807, 2.05) is 22.8 Å². The first-order chi connectivity index (χ1) is 18.3. The summed E-state index contributed by atoms with van der Waals surface area (Å²) in [6, 6.07) is 11.0. The molecule has 1 N–H and O–H groups in total. The van der Waals surface area contributed by atoms with Crippen LogP contribution < -0.4 is 14.8 Å². The number of aromatic nitrogens is 4. The van der Waals surface area contributed by atoms with Crippen LogP contribution in [0, 0.1) is 0 Å². The lowest BCUT2D eigenvalue weighted by molar-refractivity contribution is 0.391. The van der Waals surface area contributed by atoms with Gasteiger partial charge in [-0.2, -0.15) is 0 Å². The summed E-state index contributed by atoms with van der Waals surface area (Å²) in [6.45, 7) is 0.783. The fourth-order valence-corrected chi connectivity index (χ4v) is 6.57. The van der Waals surface area contributed by atoms with Gasteiger partial charge < -0.3 is 19.4 Å². The van der Waals surface area contributed by atoms with Crippen molar-refractivity contribution in [2.24, 2.45) is 0 Å². The average Bonchev–Trinajstić information content (AvgIpc) is 3.36. The van der Waals surface area contributed by atoms with Crippen LogP contribution in [0.5, 0.6) is 11.5 Å². The highest BCUT2D eigenvalue weighted by atomic mass is 35.5. The van der Waals surface area contributed by atoms with E-state index < -0.39 is 9.84 Å². The lowest BCUT2D eigenvalue weighted by Crippen LogP contribution is -2.22. The van der Waals surface area contributed by atoms with Crippen molar-refractivity contribution >= 4 is 38.9 Å². The number of rotatable bonds is 8. The zero-order valence-corrected chi connectivity index (χ0v) is 23.3. The van der Waals surface area contributed by atoms with Crippen LogP contribution in [0.2, 0.25) is 10.0 Å². The van der Waals surface area contributed by atoms with Crippen LogP contribution in [-0.2, 0) is 22.9 Å². The van der Waals surface area contributed by atoms with Gasteiger partial charge in [0.25, 0.3) is 0 Å². The third-order valence-corrected chi connectivity index (χ3v) is 9.16. The molecule has 2 aromatic rings. The van der Waals surface area contributed by atoms with Crippen molar-refractivity contribution in [3.05, 3.63) is 69.7 Å². The van der Waals surface area contributed by atoms with Gasteiger partial charge in [0.05, 0.1) is 38.6 Å².